The summed E-state index contributed by atoms with van der Waals surface area (Å²) >= 11 is 0. The lowest BCUT2D eigenvalue weighted by molar-refractivity contribution is -0.173. The maximum atomic E-state index is 13.6. The Kier molecular flexibility index (Phi) is 5.00. The van der Waals surface area contributed by atoms with Gasteiger partial charge in [0.05, 0.1) is 11.7 Å². The number of pyridine rings is 1. The number of carbonyl (C=O) groups is 1. The van der Waals surface area contributed by atoms with Crippen LogP contribution in [0.25, 0.3) is 0 Å². The zero-order chi connectivity index (χ0) is 20.8. The van der Waals surface area contributed by atoms with Crippen LogP contribution in [0.4, 0.5) is 19.0 Å². The van der Waals surface area contributed by atoms with Crippen molar-refractivity contribution in [3.8, 4) is 0 Å². The molecule has 2 aromatic rings. The Morgan fingerprint density at radius 1 is 1.38 bits per heavy atom. The second kappa shape index (κ2) is 7.35. The third-order valence-corrected chi connectivity index (χ3v) is 5.89. The first kappa shape index (κ1) is 19.7. The molecule has 1 fully saturated rings. The molecule has 0 bridgehead atoms. The predicted octanol–water partition coefficient (Wildman–Crippen LogP) is 4.26. The van der Waals surface area contributed by atoms with Gasteiger partial charge in [-0.2, -0.15) is 18.3 Å². The SMILES string of the molecule is CC[C@@H]1C[C@H](C(F)(F)F)n2nc(C3CCCN3C(=O)c3ccncc3C)cc2N1. The van der Waals surface area contributed by atoms with Gasteiger partial charge >= 0.3 is 6.18 Å². The van der Waals surface area contributed by atoms with Crippen molar-refractivity contribution < 1.29 is 18.0 Å². The Balaban J connectivity index is 1.66. The molecule has 1 N–H and O–H groups in total. The highest BCUT2D eigenvalue weighted by molar-refractivity contribution is 5.95. The standard InChI is InChI=1S/C20H24F3N5O/c1-3-13-9-17(20(21,22)23)28-18(25-13)10-15(26-28)16-5-4-8-27(16)19(29)14-6-7-24-11-12(14)2/h6-7,10-11,13,16-17,25H,3-5,8-9H2,1-2H3/t13-,16?,17-/m1/s1. The van der Waals surface area contributed by atoms with E-state index in [1.807, 2.05) is 13.8 Å². The van der Waals surface area contributed by atoms with Gasteiger partial charge in [0, 0.05) is 36.6 Å². The van der Waals surface area contributed by atoms with Gasteiger partial charge in [0.2, 0.25) is 0 Å². The van der Waals surface area contributed by atoms with E-state index in [0.29, 0.717) is 36.5 Å². The van der Waals surface area contributed by atoms with E-state index in [1.165, 1.54) is 0 Å². The number of anilines is 1. The topological polar surface area (TPSA) is 63.1 Å². The second-order valence-electron chi connectivity index (χ2n) is 7.79. The molecule has 1 saturated heterocycles. The number of alkyl halides is 3. The van der Waals surface area contributed by atoms with E-state index in [4.69, 9.17) is 0 Å². The van der Waals surface area contributed by atoms with E-state index >= 15 is 0 Å². The summed E-state index contributed by atoms with van der Waals surface area (Å²) in [5.74, 6) is 0.241. The number of likely N-dealkylation sites (tertiary alicyclic amines) is 1. The Morgan fingerprint density at radius 2 is 2.17 bits per heavy atom. The molecule has 3 atom stereocenters. The van der Waals surface area contributed by atoms with Crippen LogP contribution in [0.3, 0.4) is 0 Å². The lowest BCUT2D eigenvalue weighted by atomic mass is 10.0. The Hall–Kier alpha value is -2.58. The van der Waals surface area contributed by atoms with Gasteiger partial charge < -0.3 is 10.2 Å². The Morgan fingerprint density at radius 3 is 2.86 bits per heavy atom. The van der Waals surface area contributed by atoms with Crippen molar-refractivity contribution in [2.45, 2.75) is 63.8 Å². The monoisotopic (exact) mass is 407 g/mol. The maximum Gasteiger partial charge on any atom is 0.410 e. The number of hydrogen-bond donors (Lipinski definition) is 1. The summed E-state index contributed by atoms with van der Waals surface area (Å²) in [6.07, 6.45) is 0.864. The quantitative estimate of drug-likeness (QED) is 0.826. The molecular formula is C20H24F3N5O. The first-order chi connectivity index (χ1) is 13.8. The van der Waals surface area contributed by atoms with Gasteiger partial charge in [0.25, 0.3) is 5.91 Å². The Bertz CT molecular complexity index is 910. The van der Waals surface area contributed by atoms with Gasteiger partial charge in [-0.3, -0.25) is 9.78 Å². The zero-order valence-electron chi connectivity index (χ0n) is 16.4. The predicted molar refractivity (Wildman–Crippen MR) is 102 cm³/mol. The molecule has 0 aromatic carbocycles. The number of aryl methyl sites for hydroxylation is 1. The van der Waals surface area contributed by atoms with Crippen LogP contribution in [-0.4, -0.2) is 44.3 Å². The lowest BCUT2D eigenvalue weighted by Crippen LogP contribution is -2.39. The number of carbonyl (C=O) groups excluding carboxylic acids is 1. The van der Waals surface area contributed by atoms with Crippen molar-refractivity contribution in [3.63, 3.8) is 0 Å². The molecule has 4 rings (SSSR count). The number of hydrogen-bond acceptors (Lipinski definition) is 4. The van der Waals surface area contributed by atoms with Crippen LogP contribution in [0.2, 0.25) is 0 Å². The lowest BCUT2D eigenvalue weighted by Gasteiger charge is -2.32. The number of nitrogens with one attached hydrogen (secondary N) is 1. The van der Waals surface area contributed by atoms with Crippen molar-refractivity contribution in [1.29, 1.82) is 0 Å². The molecule has 0 radical (unpaired) electrons. The normalized spacial score (nSPS) is 24.3. The van der Waals surface area contributed by atoms with Gasteiger partial charge in [0.15, 0.2) is 6.04 Å². The number of amides is 1. The minimum atomic E-state index is -4.37. The van der Waals surface area contributed by atoms with Crippen molar-refractivity contribution in [2.24, 2.45) is 0 Å². The summed E-state index contributed by atoms with van der Waals surface area (Å²) in [5.41, 5.74) is 1.85. The van der Waals surface area contributed by atoms with Crippen molar-refractivity contribution >= 4 is 11.7 Å². The minimum absolute atomic E-state index is 0.0440. The van der Waals surface area contributed by atoms with Crippen LogP contribution in [0, 0.1) is 6.92 Å². The van der Waals surface area contributed by atoms with Crippen molar-refractivity contribution in [2.75, 3.05) is 11.9 Å². The zero-order valence-corrected chi connectivity index (χ0v) is 16.4. The molecule has 0 spiro atoms. The number of aromatic nitrogens is 3. The molecule has 9 heteroatoms. The molecule has 1 amide bonds. The van der Waals surface area contributed by atoms with Gasteiger partial charge in [-0.25, -0.2) is 4.68 Å². The summed E-state index contributed by atoms with van der Waals surface area (Å²) in [7, 11) is 0. The Labute approximate surface area is 167 Å². The largest absolute Gasteiger partial charge is 0.410 e. The average Bonchev–Trinajstić information content (AvgIpc) is 3.32. The molecular weight excluding hydrogens is 383 g/mol. The molecule has 2 aliphatic rings. The number of nitrogens with zero attached hydrogens (tertiary/aromatic N) is 4. The fourth-order valence-electron chi connectivity index (χ4n) is 4.29. The third-order valence-electron chi connectivity index (χ3n) is 5.89. The van der Waals surface area contributed by atoms with E-state index in [2.05, 4.69) is 15.4 Å². The highest BCUT2D eigenvalue weighted by Crippen LogP contribution is 2.42. The number of halogens is 3. The van der Waals surface area contributed by atoms with Crippen molar-refractivity contribution in [1.82, 2.24) is 19.7 Å². The van der Waals surface area contributed by atoms with E-state index in [-0.39, 0.29) is 24.4 Å². The van der Waals surface area contributed by atoms with E-state index in [1.54, 1.807) is 29.4 Å². The van der Waals surface area contributed by atoms with Crippen LogP contribution in [0.5, 0.6) is 0 Å². The molecule has 156 valence electrons. The summed E-state index contributed by atoms with van der Waals surface area (Å²) in [6, 6.07) is 1.13. The smallest absolute Gasteiger partial charge is 0.367 e. The molecule has 1 unspecified atom stereocenters. The summed E-state index contributed by atoms with van der Waals surface area (Å²) in [5, 5.41) is 7.49. The highest BCUT2D eigenvalue weighted by Gasteiger charge is 2.46. The fourth-order valence-corrected chi connectivity index (χ4v) is 4.29. The third kappa shape index (κ3) is 3.58. The van der Waals surface area contributed by atoms with E-state index in [0.717, 1.165) is 16.7 Å². The highest BCUT2D eigenvalue weighted by atomic mass is 19.4. The first-order valence-corrected chi connectivity index (χ1v) is 9.94. The molecule has 0 saturated carbocycles. The molecule has 4 heterocycles. The van der Waals surface area contributed by atoms with Crippen LogP contribution in [0.1, 0.15) is 66.3 Å². The van der Waals surface area contributed by atoms with Gasteiger partial charge in [-0.1, -0.05) is 6.92 Å². The number of rotatable bonds is 3. The molecule has 2 aromatic heterocycles. The van der Waals surface area contributed by atoms with Gasteiger partial charge in [-0.05, 0) is 44.2 Å². The first-order valence-electron chi connectivity index (χ1n) is 9.94. The summed E-state index contributed by atoms with van der Waals surface area (Å²) in [4.78, 5) is 18.8. The van der Waals surface area contributed by atoms with Crippen LogP contribution < -0.4 is 5.32 Å². The number of fused-ring (bicyclic) bond motifs is 1. The van der Waals surface area contributed by atoms with Crippen LogP contribution in [0.15, 0.2) is 24.5 Å². The molecule has 29 heavy (non-hydrogen) atoms. The summed E-state index contributed by atoms with van der Waals surface area (Å²) in [6.45, 7) is 4.25. The molecule has 6 nitrogen and oxygen atoms in total. The maximum absolute atomic E-state index is 13.6. The molecule has 0 aliphatic carbocycles. The fraction of sp³-hybridized carbons (Fsp3) is 0.550. The van der Waals surface area contributed by atoms with Gasteiger partial charge in [-0.15, -0.1) is 0 Å². The van der Waals surface area contributed by atoms with Gasteiger partial charge in [0.1, 0.15) is 5.82 Å². The van der Waals surface area contributed by atoms with Crippen LogP contribution in [-0.2, 0) is 0 Å². The van der Waals surface area contributed by atoms with E-state index < -0.39 is 12.2 Å². The average molecular weight is 407 g/mol. The summed E-state index contributed by atoms with van der Waals surface area (Å²) < 4.78 is 41.9. The molecule has 2 aliphatic heterocycles. The second-order valence-corrected chi connectivity index (χ2v) is 7.79. The van der Waals surface area contributed by atoms with Crippen LogP contribution >= 0.6 is 0 Å². The minimum Gasteiger partial charge on any atom is -0.367 e. The van der Waals surface area contributed by atoms with Crippen molar-refractivity contribution in [3.05, 3.63) is 41.3 Å². The van der Waals surface area contributed by atoms with E-state index in [9.17, 15) is 18.0 Å².